The molecule has 0 bridgehead atoms. The third kappa shape index (κ3) is 2.86. The lowest BCUT2D eigenvalue weighted by Crippen LogP contribution is -1.97. The van der Waals surface area contributed by atoms with Crippen LogP contribution in [0.25, 0.3) is 76.7 Å². The van der Waals surface area contributed by atoms with E-state index in [0.717, 1.165) is 16.8 Å². The van der Waals surface area contributed by atoms with E-state index >= 15 is 0 Å². The van der Waals surface area contributed by atoms with Crippen LogP contribution in [0.5, 0.6) is 0 Å². The van der Waals surface area contributed by atoms with Crippen molar-refractivity contribution in [1.29, 1.82) is 0 Å². The molecule has 0 unspecified atom stereocenters. The Morgan fingerprint density at radius 3 is 2.05 bits per heavy atom. The largest absolute Gasteiger partial charge is 0.309 e. The van der Waals surface area contributed by atoms with Crippen molar-refractivity contribution < 1.29 is 0 Å². The maximum atomic E-state index is 4.37. The van der Waals surface area contributed by atoms with Crippen molar-refractivity contribution in [3.8, 4) is 16.8 Å². The highest BCUT2D eigenvalue weighted by molar-refractivity contribution is 6.28. The summed E-state index contributed by atoms with van der Waals surface area (Å²) in [5.41, 5.74) is 9.54. The molecule has 3 nitrogen and oxygen atoms in total. The molecule has 9 aromatic rings. The molecule has 40 heavy (non-hydrogen) atoms. The molecule has 0 aliphatic rings. The Kier molecular flexibility index (Phi) is 4.33. The second kappa shape index (κ2) is 8.05. The zero-order valence-electron chi connectivity index (χ0n) is 21.6. The van der Waals surface area contributed by atoms with Gasteiger partial charge < -0.3 is 8.97 Å². The van der Waals surface area contributed by atoms with E-state index in [2.05, 4.69) is 135 Å². The van der Waals surface area contributed by atoms with Gasteiger partial charge in [-0.1, -0.05) is 84.9 Å². The maximum absolute atomic E-state index is 4.37. The highest BCUT2D eigenvalue weighted by Gasteiger charge is 2.20. The summed E-state index contributed by atoms with van der Waals surface area (Å²) >= 11 is 0. The summed E-state index contributed by atoms with van der Waals surface area (Å²) in [6.45, 7) is 0. The third-order valence-corrected chi connectivity index (χ3v) is 8.34. The van der Waals surface area contributed by atoms with Crippen LogP contribution in [0, 0.1) is 0 Å². The quantitative estimate of drug-likeness (QED) is 0.213. The highest BCUT2D eigenvalue weighted by Crippen LogP contribution is 2.42. The number of para-hydroxylation sites is 3. The minimum Gasteiger partial charge on any atom is -0.309 e. The molecule has 0 fully saturated rings. The van der Waals surface area contributed by atoms with Crippen LogP contribution in [-0.2, 0) is 0 Å². The Morgan fingerprint density at radius 1 is 0.475 bits per heavy atom. The van der Waals surface area contributed by atoms with Crippen LogP contribution in [0.1, 0.15) is 0 Å². The van der Waals surface area contributed by atoms with Crippen molar-refractivity contribution in [3.05, 3.63) is 140 Å². The van der Waals surface area contributed by atoms with Crippen LogP contribution in [-0.4, -0.2) is 14.0 Å². The van der Waals surface area contributed by atoms with Crippen LogP contribution in [0.15, 0.2) is 140 Å². The Hall–Kier alpha value is -5.41. The molecule has 186 valence electrons. The van der Waals surface area contributed by atoms with Crippen LogP contribution in [0.3, 0.4) is 0 Å². The molecular formula is C37H23N3. The molecule has 0 saturated carbocycles. The molecule has 3 heteroatoms. The lowest BCUT2D eigenvalue weighted by Gasteiger charge is -2.15. The number of hydrogen-bond acceptors (Lipinski definition) is 1. The van der Waals surface area contributed by atoms with Crippen molar-refractivity contribution in [3.63, 3.8) is 0 Å². The number of rotatable bonds is 2. The van der Waals surface area contributed by atoms with E-state index in [1.807, 2.05) is 18.5 Å². The van der Waals surface area contributed by atoms with E-state index in [1.165, 1.54) is 59.9 Å². The first-order valence-electron chi connectivity index (χ1n) is 13.6. The van der Waals surface area contributed by atoms with E-state index in [1.54, 1.807) is 0 Å². The Bertz CT molecular complexity index is 2430. The molecule has 5 aromatic carbocycles. The van der Waals surface area contributed by atoms with Crippen LogP contribution in [0.2, 0.25) is 0 Å². The predicted molar refractivity (Wildman–Crippen MR) is 167 cm³/mol. The molecule has 4 aromatic heterocycles. The number of aromatic nitrogens is 3. The molecule has 0 atom stereocenters. The summed E-state index contributed by atoms with van der Waals surface area (Å²) in [6.07, 6.45) is 3.76. The third-order valence-electron chi connectivity index (χ3n) is 8.34. The number of nitrogens with zero attached hydrogens (tertiary/aromatic N) is 3. The zero-order chi connectivity index (χ0) is 26.2. The van der Waals surface area contributed by atoms with Gasteiger partial charge in [-0.05, 0) is 53.4 Å². The molecule has 0 radical (unpaired) electrons. The number of hydrogen-bond donors (Lipinski definition) is 0. The monoisotopic (exact) mass is 509 g/mol. The molecule has 0 aliphatic heterocycles. The van der Waals surface area contributed by atoms with Crippen LogP contribution < -0.4 is 0 Å². The van der Waals surface area contributed by atoms with Crippen molar-refractivity contribution in [2.24, 2.45) is 0 Å². The van der Waals surface area contributed by atoms with Crippen molar-refractivity contribution >= 4 is 59.9 Å². The van der Waals surface area contributed by atoms with Gasteiger partial charge in [-0.15, -0.1) is 0 Å². The topological polar surface area (TPSA) is 22.2 Å². The number of benzene rings is 5. The summed E-state index contributed by atoms with van der Waals surface area (Å²) in [5.74, 6) is 0. The normalized spacial score (nSPS) is 12.0. The molecule has 0 N–H and O–H groups in total. The predicted octanol–water partition coefficient (Wildman–Crippen LogP) is 9.56. The van der Waals surface area contributed by atoms with E-state index in [-0.39, 0.29) is 0 Å². The SMILES string of the molecule is c1cncc(-c2cccc(-n3c4ccccc4c4ccc5c6ccccc6n6c7ccccc7cc6c5c43)c2)c1. The summed E-state index contributed by atoms with van der Waals surface area (Å²) in [4.78, 5) is 4.37. The average molecular weight is 510 g/mol. The van der Waals surface area contributed by atoms with Gasteiger partial charge in [0.05, 0.1) is 27.6 Å². The molecular weight excluding hydrogens is 486 g/mol. The van der Waals surface area contributed by atoms with E-state index in [4.69, 9.17) is 0 Å². The minimum atomic E-state index is 1.11. The molecule has 0 spiro atoms. The van der Waals surface area contributed by atoms with Gasteiger partial charge in [-0.2, -0.15) is 0 Å². The second-order valence-electron chi connectivity index (χ2n) is 10.5. The van der Waals surface area contributed by atoms with Gasteiger partial charge in [-0.25, -0.2) is 0 Å². The summed E-state index contributed by atoms with van der Waals surface area (Å²) in [6, 6.07) is 46.2. The zero-order valence-corrected chi connectivity index (χ0v) is 21.6. The van der Waals surface area contributed by atoms with E-state index in [9.17, 15) is 0 Å². The van der Waals surface area contributed by atoms with Gasteiger partial charge in [0.25, 0.3) is 0 Å². The van der Waals surface area contributed by atoms with E-state index < -0.39 is 0 Å². The van der Waals surface area contributed by atoms with Gasteiger partial charge in [0.1, 0.15) is 0 Å². The second-order valence-corrected chi connectivity index (χ2v) is 10.5. The highest BCUT2D eigenvalue weighted by atomic mass is 15.0. The lowest BCUT2D eigenvalue weighted by molar-refractivity contribution is 1.19. The fourth-order valence-corrected chi connectivity index (χ4v) is 6.66. The Labute approximate surface area is 230 Å². The fourth-order valence-electron chi connectivity index (χ4n) is 6.66. The van der Waals surface area contributed by atoms with E-state index in [0.29, 0.717) is 0 Å². The number of fused-ring (bicyclic) bond motifs is 12. The first kappa shape index (κ1) is 21.5. The van der Waals surface area contributed by atoms with Crippen molar-refractivity contribution in [2.45, 2.75) is 0 Å². The lowest BCUT2D eigenvalue weighted by atomic mass is 10.0. The smallest absolute Gasteiger partial charge is 0.0640 e. The van der Waals surface area contributed by atoms with Gasteiger partial charge >= 0.3 is 0 Å². The summed E-state index contributed by atoms with van der Waals surface area (Å²) in [5, 5.41) is 7.57. The molecule has 9 rings (SSSR count). The minimum absolute atomic E-state index is 1.11. The molecule has 0 aliphatic carbocycles. The van der Waals surface area contributed by atoms with Crippen LogP contribution >= 0.6 is 0 Å². The van der Waals surface area contributed by atoms with Gasteiger partial charge in [0, 0.05) is 50.6 Å². The Morgan fingerprint density at radius 2 is 1.20 bits per heavy atom. The first-order chi connectivity index (χ1) is 19.9. The first-order valence-corrected chi connectivity index (χ1v) is 13.6. The summed E-state index contributed by atoms with van der Waals surface area (Å²) < 4.78 is 4.90. The van der Waals surface area contributed by atoms with Crippen molar-refractivity contribution in [2.75, 3.05) is 0 Å². The van der Waals surface area contributed by atoms with Gasteiger partial charge in [-0.3, -0.25) is 4.98 Å². The summed E-state index contributed by atoms with van der Waals surface area (Å²) in [7, 11) is 0. The van der Waals surface area contributed by atoms with Crippen molar-refractivity contribution in [1.82, 2.24) is 14.0 Å². The standard InChI is InChI=1S/C37H23N3/c1-4-15-32-25(9-1)22-35-36-30(28-13-2-6-17-34(28)40(32)35)18-19-31-29-14-3-5-16-33(29)39(37(31)36)27-12-7-10-24(21-27)26-11-8-20-38-23-26/h1-23H. The Balaban J connectivity index is 1.53. The number of pyridine rings is 2. The molecule has 4 heterocycles. The molecule has 0 amide bonds. The maximum Gasteiger partial charge on any atom is 0.0640 e. The average Bonchev–Trinajstić information content (AvgIpc) is 3.58. The fraction of sp³-hybridized carbons (Fsp3) is 0. The molecule has 0 saturated heterocycles. The van der Waals surface area contributed by atoms with Crippen LogP contribution in [0.4, 0.5) is 0 Å². The van der Waals surface area contributed by atoms with Gasteiger partial charge in [0.15, 0.2) is 0 Å². The van der Waals surface area contributed by atoms with Gasteiger partial charge in [0.2, 0.25) is 0 Å².